The zero-order chi connectivity index (χ0) is 29.6. The van der Waals surface area contributed by atoms with E-state index in [1.54, 1.807) is 0 Å². The summed E-state index contributed by atoms with van der Waals surface area (Å²) in [6.07, 6.45) is 29.1. The summed E-state index contributed by atoms with van der Waals surface area (Å²) in [7, 11) is 0. The molecule has 0 nitrogen and oxygen atoms in total. The Balaban J connectivity index is 1.33. The van der Waals surface area contributed by atoms with Crippen molar-refractivity contribution in [3.63, 3.8) is 0 Å². The summed E-state index contributed by atoms with van der Waals surface area (Å²) < 4.78 is 0. The maximum absolute atomic E-state index is 8.19. The van der Waals surface area contributed by atoms with Gasteiger partial charge in [-0.05, 0) is 0 Å². The molecule has 0 aliphatic rings. The fourth-order valence-electron chi connectivity index (χ4n) is 6.71. The van der Waals surface area contributed by atoms with Crippen LogP contribution in [0.15, 0.2) is 91.0 Å². The second-order valence-electron chi connectivity index (χ2n) is 12.6. The van der Waals surface area contributed by atoms with Crippen molar-refractivity contribution >= 4 is 33.1 Å². The van der Waals surface area contributed by atoms with Gasteiger partial charge in [0.15, 0.2) is 0 Å². The molecular weight excluding hydrogens is 547 g/mol. The third kappa shape index (κ3) is 10.8. The minimum atomic E-state index is -3.08. The molecule has 0 radical (unpaired) electrons. The molecule has 0 aromatic heterocycles. The average Bonchev–Trinajstić information content (AvgIpc) is 3.05. The molecule has 0 fully saturated rings. The number of halogens is 1. The molecule has 232 valence electrons. The predicted octanol–water partition coefficient (Wildman–Crippen LogP) is 12.5. The SMILES string of the molecule is CCCCCCCCCCCCCCCCCCCCCCP(Cl)(c1ccccc1)(c1ccccc1)c1ccccc1. The van der Waals surface area contributed by atoms with E-state index < -0.39 is 5.96 Å². The van der Waals surface area contributed by atoms with Crippen LogP contribution in [0, 0.1) is 0 Å². The Morgan fingerprint density at radius 2 is 0.595 bits per heavy atom. The van der Waals surface area contributed by atoms with Gasteiger partial charge in [0.1, 0.15) is 0 Å². The molecule has 0 saturated heterocycles. The van der Waals surface area contributed by atoms with E-state index in [9.17, 15) is 0 Å². The molecular formula is C40H60ClP. The van der Waals surface area contributed by atoms with Crippen LogP contribution in [-0.4, -0.2) is 6.16 Å². The summed E-state index contributed by atoms with van der Waals surface area (Å²) in [5, 5.41) is 3.88. The summed E-state index contributed by atoms with van der Waals surface area (Å²) in [5.41, 5.74) is 0. The summed E-state index contributed by atoms with van der Waals surface area (Å²) in [5.74, 6) is -3.08. The van der Waals surface area contributed by atoms with Gasteiger partial charge in [0.2, 0.25) is 0 Å². The molecule has 0 heterocycles. The topological polar surface area (TPSA) is 0 Å². The van der Waals surface area contributed by atoms with E-state index in [0.29, 0.717) is 0 Å². The summed E-state index contributed by atoms with van der Waals surface area (Å²) in [6, 6.07) is 32.8. The van der Waals surface area contributed by atoms with Gasteiger partial charge in [-0.1, -0.05) is 64.7 Å². The van der Waals surface area contributed by atoms with Gasteiger partial charge >= 0.3 is 201 Å². The van der Waals surface area contributed by atoms with Crippen LogP contribution in [0.3, 0.4) is 0 Å². The molecule has 0 N–H and O–H groups in total. The molecule has 3 rings (SSSR count). The first kappa shape index (κ1) is 34.9. The third-order valence-electron chi connectivity index (χ3n) is 9.32. The molecule has 0 bridgehead atoms. The molecule has 3 aromatic rings. The van der Waals surface area contributed by atoms with Crippen LogP contribution in [-0.2, 0) is 0 Å². The van der Waals surface area contributed by atoms with Crippen LogP contribution in [0.4, 0.5) is 0 Å². The van der Waals surface area contributed by atoms with Crippen molar-refractivity contribution in [2.45, 2.75) is 135 Å². The van der Waals surface area contributed by atoms with E-state index in [1.807, 2.05) is 0 Å². The summed E-state index contributed by atoms with van der Waals surface area (Å²) >= 11 is 8.19. The Bertz CT molecular complexity index is 949. The summed E-state index contributed by atoms with van der Waals surface area (Å²) in [6.45, 7) is 2.30. The van der Waals surface area contributed by atoms with Gasteiger partial charge in [-0.2, -0.15) is 0 Å². The van der Waals surface area contributed by atoms with E-state index in [-0.39, 0.29) is 0 Å². The molecule has 0 aliphatic carbocycles. The van der Waals surface area contributed by atoms with Crippen molar-refractivity contribution in [1.29, 1.82) is 0 Å². The second kappa shape index (κ2) is 20.4. The van der Waals surface area contributed by atoms with Crippen LogP contribution < -0.4 is 15.9 Å². The second-order valence-corrected chi connectivity index (χ2v) is 19.2. The quantitative estimate of drug-likeness (QED) is 0.0702. The average molecular weight is 607 g/mol. The standard InChI is InChI=1S/C40H60ClP/c1-2-3-4-5-6-7-8-9-10-11-12-13-14-15-16-17-18-19-20-30-37-42(41,38-31-24-21-25-32-38,39-33-26-22-27-34-39)40-35-28-23-29-36-40/h21-29,31-36H,2-20,30,37H2,1H3. The van der Waals surface area contributed by atoms with Gasteiger partial charge in [-0.25, -0.2) is 0 Å². The number of unbranched alkanes of at least 4 members (excludes halogenated alkanes) is 19. The Hall–Kier alpha value is -1.62. The molecule has 0 aliphatic heterocycles. The van der Waals surface area contributed by atoms with Crippen molar-refractivity contribution in [3.05, 3.63) is 91.0 Å². The first-order valence-corrected chi connectivity index (χ1v) is 20.9. The zero-order valence-electron chi connectivity index (χ0n) is 26.8. The Morgan fingerprint density at radius 3 is 0.857 bits per heavy atom. The minimum absolute atomic E-state index is 1.02. The van der Waals surface area contributed by atoms with Gasteiger partial charge in [-0.15, -0.1) is 0 Å². The predicted molar refractivity (Wildman–Crippen MR) is 194 cm³/mol. The Morgan fingerprint density at radius 1 is 0.357 bits per heavy atom. The molecule has 0 saturated carbocycles. The zero-order valence-corrected chi connectivity index (χ0v) is 28.5. The molecule has 0 unspecified atom stereocenters. The fourth-order valence-corrected chi connectivity index (χ4v) is 13.0. The number of hydrogen-bond acceptors (Lipinski definition) is 0. The Kier molecular flexibility index (Phi) is 16.9. The maximum atomic E-state index is 8.19. The molecule has 42 heavy (non-hydrogen) atoms. The van der Waals surface area contributed by atoms with Crippen LogP contribution >= 0.6 is 17.2 Å². The van der Waals surface area contributed by atoms with Crippen molar-refractivity contribution < 1.29 is 0 Å². The van der Waals surface area contributed by atoms with Crippen LogP contribution in [0.2, 0.25) is 0 Å². The van der Waals surface area contributed by atoms with Crippen molar-refractivity contribution in [2.75, 3.05) is 6.16 Å². The van der Waals surface area contributed by atoms with E-state index in [0.717, 1.165) is 6.16 Å². The number of hydrogen-bond donors (Lipinski definition) is 0. The van der Waals surface area contributed by atoms with E-state index in [2.05, 4.69) is 97.9 Å². The van der Waals surface area contributed by atoms with Crippen LogP contribution in [0.25, 0.3) is 0 Å². The van der Waals surface area contributed by atoms with E-state index >= 15 is 0 Å². The Labute approximate surface area is 264 Å². The van der Waals surface area contributed by atoms with Gasteiger partial charge in [0, 0.05) is 0 Å². The molecule has 2 heteroatoms. The van der Waals surface area contributed by atoms with Gasteiger partial charge < -0.3 is 0 Å². The molecule has 0 atom stereocenters. The van der Waals surface area contributed by atoms with E-state index in [1.165, 1.54) is 144 Å². The van der Waals surface area contributed by atoms with Crippen LogP contribution in [0.1, 0.15) is 135 Å². The first-order valence-electron chi connectivity index (χ1n) is 17.6. The number of benzene rings is 3. The normalized spacial score (nSPS) is 12.7. The van der Waals surface area contributed by atoms with Crippen molar-refractivity contribution in [3.8, 4) is 0 Å². The van der Waals surface area contributed by atoms with Crippen LogP contribution in [0.5, 0.6) is 0 Å². The summed E-state index contributed by atoms with van der Waals surface area (Å²) in [4.78, 5) is 0. The van der Waals surface area contributed by atoms with Crippen molar-refractivity contribution in [1.82, 2.24) is 0 Å². The van der Waals surface area contributed by atoms with Crippen molar-refractivity contribution in [2.24, 2.45) is 0 Å². The first-order chi connectivity index (χ1) is 20.7. The molecule has 0 spiro atoms. The van der Waals surface area contributed by atoms with Gasteiger partial charge in [0.05, 0.1) is 0 Å². The van der Waals surface area contributed by atoms with Gasteiger partial charge in [-0.3, -0.25) is 0 Å². The molecule has 3 aromatic carbocycles. The van der Waals surface area contributed by atoms with Gasteiger partial charge in [0.25, 0.3) is 0 Å². The number of rotatable bonds is 24. The molecule has 0 amide bonds. The third-order valence-corrected chi connectivity index (χ3v) is 16.9. The van der Waals surface area contributed by atoms with E-state index in [4.69, 9.17) is 11.2 Å². The monoisotopic (exact) mass is 606 g/mol. The fraction of sp³-hybridized carbons (Fsp3) is 0.550.